The molecule has 0 radical (unpaired) electrons. The third-order valence-electron chi connectivity index (χ3n) is 3.17. The summed E-state index contributed by atoms with van der Waals surface area (Å²) in [6.45, 7) is 8.17. The fourth-order valence-corrected chi connectivity index (χ4v) is 2.06. The number of hydrogen-bond acceptors (Lipinski definition) is 2. The van der Waals surface area contributed by atoms with Crippen LogP contribution in [0.5, 0.6) is 0 Å². The summed E-state index contributed by atoms with van der Waals surface area (Å²) in [7, 11) is 0. The first kappa shape index (κ1) is 12.0. The zero-order valence-electron chi connectivity index (χ0n) is 9.79. The number of nitrogens with one attached hydrogen (secondary N) is 1. The predicted molar refractivity (Wildman–Crippen MR) is 60.2 cm³/mol. The fraction of sp³-hybridized carbons (Fsp3) is 1.00. The summed E-state index contributed by atoms with van der Waals surface area (Å²) in [5.74, 6) is 2.26. The first-order chi connectivity index (χ1) is 6.65. The van der Waals surface area contributed by atoms with Gasteiger partial charge in [-0.3, -0.25) is 0 Å². The summed E-state index contributed by atoms with van der Waals surface area (Å²) >= 11 is 0. The molecule has 0 amide bonds. The second-order valence-electron chi connectivity index (χ2n) is 5.13. The van der Waals surface area contributed by atoms with Crippen LogP contribution in [0.4, 0.5) is 0 Å². The van der Waals surface area contributed by atoms with Crippen molar-refractivity contribution in [2.45, 2.75) is 46.1 Å². The molecule has 1 saturated carbocycles. The van der Waals surface area contributed by atoms with Gasteiger partial charge < -0.3 is 10.4 Å². The summed E-state index contributed by atoms with van der Waals surface area (Å²) in [6.07, 6.45) is 3.73. The first-order valence-electron chi connectivity index (χ1n) is 5.99. The third kappa shape index (κ3) is 3.97. The SMILES string of the molecule is CC(CCO)CNC(C(C)C)C1CC1. The van der Waals surface area contributed by atoms with Crippen LogP contribution in [0, 0.1) is 17.8 Å². The van der Waals surface area contributed by atoms with Crippen LogP contribution in [0.1, 0.15) is 40.0 Å². The molecule has 0 aromatic heterocycles. The highest BCUT2D eigenvalue weighted by Crippen LogP contribution is 2.35. The molecule has 0 spiro atoms. The van der Waals surface area contributed by atoms with Crippen molar-refractivity contribution in [1.29, 1.82) is 0 Å². The number of aliphatic hydroxyl groups is 1. The summed E-state index contributed by atoms with van der Waals surface area (Å²) in [6, 6.07) is 0.705. The second kappa shape index (κ2) is 5.72. The van der Waals surface area contributed by atoms with Crippen LogP contribution < -0.4 is 5.32 Å². The molecular formula is C12H25NO. The number of aliphatic hydroxyl groups excluding tert-OH is 1. The lowest BCUT2D eigenvalue weighted by Gasteiger charge is -2.24. The maximum Gasteiger partial charge on any atom is 0.0434 e. The van der Waals surface area contributed by atoms with Gasteiger partial charge in [0.05, 0.1) is 0 Å². The molecule has 0 aromatic carbocycles. The average Bonchev–Trinajstić information content (AvgIpc) is 2.88. The Balaban J connectivity index is 2.19. The standard InChI is InChI=1S/C12H25NO/c1-9(2)12(11-4-5-11)13-8-10(3)6-7-14/h9-14H,4-8H2,1-3H3. The molecular weight excluding hydrogens is 174 g/mol. The summed E-state index contributed by atoms with van der Waals surface area (Å²) in [4.78, 5) is 0. The summed E-state index contributed by atoms with van der Waals surface area (Å²) < 4.78 is 0. The van der Waals surface area contributed by atoms with E-state index in [1.165, 1.54) is 12.8 Å². The molecule has 2 unspecified atom stereocenters. The molecule has 2 atom stereocenters. The van der Waals surface area contributed by atoms with E-state index < -0.39 is 0 Å². The molecule has 0 bridgehead atoms. The zero-order valence-corrected chi connectivity index (χ0v) is 9.79. The van der Waals surface area contributed by atoms with Gasteiger partial charge in [0.1, 0.15) is 0 Å². The first-order valence-corrected chi connectivity index (χ1v) is 5.99. The van der Waals surface area contributed by atoms with Crippen LogP contribution in [-0.4, -0.2) is 24.3 Å². The molecule has 14 heavy (non-hydrogen) atoms. The molecule has 0 aromatic rings. The van der Waals surface area contributed by atoms with E-state index >= 15 is 0 Å². The Labute approximate surface area is 88.1 Å². The summed E-state index contributed by atoms with van der Waals surface area (Å²) in [5, 5.41) is 12.5. The normalized spacial score (nSPS) is 21.2. The lowest BCUT2D eigenvalue weighted by Crippen LogP contribution is -2.38. The van der Waals surface area contributed by atoms with E-state index in [-0.39, 0.29) is 0 Å². The minimum atomic E-state index is 0.318. The average molecular weight is 199 g/mol. The Morgan fingerprint density at radius 1 is 1.29 bits per heavy atom. The van der Waals surface area contributed by atoms with Crippen LogP contribution >= 0.6 is 0 Å². The van der Waals surface area contributed by atoms with E-state index in [2.05, 4.69) is 26.1 Å². The Hall–Kier alpha value is -0.0800. The van der Waals surface area contributed by atoms with Gasteiger partial charge in [-0.05, 0) is 43.6 Å². The Morgan fingerprint density at radius 2 is 1.93 bits per heavy atom. The minimum absolute atomic E-state index is 0.318. The van der Waals surface area contributed by atoms with E-state index in [0.29, 0.717) is 18.6 Å². The molecule has 2 heteroatoms. The van der Waals surface area contributed by atoms with Crippen molar-refractivity contribution in [1.82, 2.24) is 5.32 Å². The Kier molecular flexibility index (Phi) is 4.90. The van der Waals surface area contributed by atoms with Gasteiger partial charge in [-0.25, -0.2) is 0 Å². The van der Waals surface area contributed by atoms with Crippen LogP contribution in [0.15, 0.2) is 0 Å². The van der Waals surface area contributed by atoms with E-state index in [4.69, 9.17) is 5.11 Å². The molecule has 1 aliphatic carbocycles. The quantitative estimate of drug-likeness (QED) is 0.657. The highest BCUT2D eigenvalue weighted by Gasteiger charge is 2.32. The van der Waals surface area contributed by atoms with Gasteiger partial charge in [0.25, 0.3) is 0 Å². The molecule has 2 nitrogen and oxygen atoms in total. The second-order valence-corrected chi connectivity index (χ2v) is 5.13. The Morgan fingerprint density at radius 3 is 2.36 bits per heavy atom. The van der Waals surface area contributed by atoms with E-state index in [1.54, 1.807) is 0 Å². The largest absolute Gasteiger partial charge is 0.396 e. The molecule has 1 aliphatic rings. The third-order valence-corrected chi connectivity index (χ3v) is 3.17. The van der Waals surface area contributed by atoms with Crippen molar-refractivity contribution in [2.24, 2.45) is 17.8 Å². The predicted octanol–water partition coefficient (Wildman–Crippen LogP) is 2.03. The lowest BCUT2D eigenvalue weighted by atomic mass is 9.98. The molecule has 1 fully saturated rings. The molecule has 0 aliphatic heterocycles. The lowest BCUT2D eigenvalue weighted by molar-refractivity contribution is 0.251. The van der Waals surface area contributed by atoms with Crippen molar-refractivity contribution in [3.05, 3.63) is 0 Å². The maximum atomic E-state index is 8.80. The molecule has 1 rings (SSSR count). The molecule has 84 valence electrons. The van der Waals surface area contributed by atoms with Crippen molar-refractivity contribution in [3.63, 3.8) is 0 Å². The highest BCUT2D eigenvalue weighted by atomic mass is 16.3. The fourth-order valence-electron chi connectivity index (χ4n) is 2.06. The van der Waals surface area contributed by atoms with Gasteiger partial charge in [-0.15, -0.1) is 0 Å². The monoisotopic (exact) mass is 199 g/mol. The number of hydrogen-bond donors (Lipinski definition) is 2. The van der Waals surface area contributed by atoms with Gasteiger partial charge in [0.2, 0.25) is 0 Å². The minimum Gasteiger partial charge on any atom is -0.396 e. The molecule has 0 saturated heterocycles. The van der Waals surface area contributed by atoms with Crippen LogP contribution in [0.2, 0.25) is 0 Å². The van der Waals surface area contributed by atoms with Gasteiger partial charge in [-0.2, -0.15) is 0 Å². The van der Waals surface area contributed by atoms with Crippen molar-refractivity contribution < 1.29 is 5.11 Å². The van der Waals surface area contributed by atoms with Gasteiger partial charge in [-0.1, -0.05) is 20.8 Å². The van der Waals surface area contributed by atoms with E-state index in [1.807, 2.05) is 0 Å². The van der Waals surface area contributed by atoms with E-state index in [0.717, 1.165) is 24.8 Å². The van der Waals surface area contributed by atoms with Crippen LogP contribution in [-0.2, 0) is 0 Å². The maximum absolute atomic E-state index is 8.80. The molecule has 0 heterocycles. The van der Waals surface area contributed by atoms with Gasteiger partial charge in [0.15, 0.2) is 0 Å². The summed E-state index contributed by atoms with van der Waals surface area (Å²) in [5.41, 5.74) is 0. The topological polar surface area (TPSA) is 32.3 Å². The van der Waals surface area contributed by atoms with Crippen molar-refractivity contribution in [2.75, 3.05) is 13.2 Å². The molecule has 2 N–H and O–H groups in total. The number of rotatable bonds is 7. The van der Waals surface area contributed by atoms with Crippen LogP contribution in [0.25, 0.3) is 0 Å². The van der Waals surface area contributed by atoms with Gasteiger partial charge >= 0.3 is 0 Å². The van der Waals surface area contributed by atoms with Crippen LogP contribution in [0.3, 0.4) is 0 Å². The van der Waals surface area contributed by atoms with E-state index in [9.17, 15) is 0 Å². The zero-order chi connectivity index (χ0) is 10.6. The van der Waals surface area contributed by atoms with Crippen molar-refractivity contribution >= 4 is 0 Å². The smallest absolute Gasteiger partial charge is 0.0434 e. The highest BCUT2D eigenvalue weighted by molar-refractivity contribution is 4.88. The van der Waals surface area contributed by atoms with Crippen molar-refractivity contribution in [3.8, 4) is 0 Å². The Bertz CT molecular complexity index is 152. The van der Waals surface area contributed by atoms with Gasteiger partial charge in [0, 0.05) is 12.6 Å².